The molecule has 0 spiro atoms. The first-order chi connectivity index (χ1) is 8.06. The molecule has 1 aromatic rings. The van der Waals surface area contributed by atoms with Gasteiger partial charge in [-0.1, -0.05) is 38.1 Å². The summed E-state index contributed by atoms with van der Waals surface area (Å²) >= 11 is 0.941. The Hall–Kier alpha value is -1.55. The van der Waals surface area contributed by atoms with E-state index >= 15 is 0 Å². The molecule has 0 aliphatic carbocycles. The third-order valence-corrected chi connectivity index (χ3v) is 3.35. The molecule has 1 aromatic carbocycles. The summed E-state index contributed by atoms with van der Waals surface area (Å²) in [6.45, 7) is 4.26. The van der Waals surface area contributed by atoms with E-state index in [1.165, 1.54) is 5.56 Å². The molecule has 2 amide bonds. The highest BCUT2D eigenvalue weighted by Gasteiger charge is 2.24. The molecule has 2 rings (SSSR count). The zero-order chi connectivity index (χ0) is 12.4. The third-order valence-electron chi connectivity index (χ3n) is 2.54. The molecule has 1 aliphatic rings. The summed E-state index contributed by atoms with van der Waals surface area (Å²) in [5.74, 6) is 0.176. The van der Waals surface area contributed by atoms with Gasteiger partial charge in [0, 0.05) is 0 Å². The van der Waals surface area contributed by atoms with Gasteiger partial charge in [-0.3, -0.25) is 14.9 Å². The Bertz CT molecular complexity index is 489. The van der Waals surface area contributed by atoms with Crippen LogP contribution in [0.2, 0.25) is 0 Å². The molecule has 0 unspecified atom stereocenters. The summed E-state index contributed by atoms with van der Waals surface area (Å²) in [6, 6.07) is 7.99. The Kier molecular flexibility index (Phi) is 3.33. The lowest BCUT2D eigenvalue weighted by Crippen LogP contribution is -2.17. The molecule has 1 fully saturated rings. The molecule has 0 aromatic heterocycles. The van der Waals surface area contributed by atoms with Crippen molar-refractivity contribution < 1.29 is 9.59 Å². The minimum absolute atomic E-state index is 0.306. The minimum Gasteiger partial charge on any atom is -0.282 e. The van der Waals surface area contributed by atoms with Gasteiger partial charge in [-0.2, -0.15) is 0 Å². The van der Waals surface area contributed by atoms with Gasteiger partial charge in [0.1, 0.15) is 0 Å². The van der Waals surface area contributed by atoms with Crippen LogP contribution in [0.15, 0.2) is 29.2 Å². The fraction of sp³-hybridized carbons (Fsp3) is 0.231. The number of hydrogen-bond acceptors (Lipinski definition) is 3. The van der Waals surface area contributed by atoms with E-state index in [9.17, 15) is 9.59 Å². The number of thioether (sulfide) groups is 1. The van der Waals surface area contributed by atoms with Gasteiger partial charge in [0.2, 0.25) is 0 Å². The minimum atomic E-state index is -0.312. The summed E-state index contributed by atoms with van der Waals surface area (Å²) < 4.78 is 0. The quantitative estimate of drug-likeness (QED) is 0.817. The van der Waals surface area contributed by atoms with Crippen LogP contribution in [-0.2, 0) is 4.79 Å². The molecule has 1 heterocycles. The first-order valence-corrected chi connectivity index (χ1v) is 6.23. The monoisotopic (exact) mass is 247 g/mol. The van der Waals surface area contributed by atoms with Gasteiger partial charge in [0.05, 0.1) is 4.91 Å². The molecule has 1 aliphatic heterocycles. The van der Waals surface area contributed by atoms with Crippen LogP contribution in [0, 0.1) is 0 Å². The zero-order valence-electron chi connectivity index (χ0n) is 9.69. The van der Waals surface area contributed by atoms with Crippen LogP contribution in [0.25, 0.3) is 6.08 Å². The van der Waals surface area contributed by atoms with Crippen molar-refractivity contribution in [1.29, 1.82) is 0 Å². The van der Waals surface area contributed by atoms with Gasteiger partial charge in [0.25, 0.3) is 11.1 Å². The van der Waals surface area contributed by atoms with Crippen molar-refractivity contribution in [2.24, 2.45) is 0 Å². The second kappa shape index (κ2) is 4.75. The standard InChI is InChI=1S/C13H13NO2S/c1-8(2)10-5-3-9(4-6-10)7-11-12(15)14-13(16)17-11/h3-8H,1-2H3,(H,14,15,16)/b11-7+. The smallest absolute Gasteiger partial charge is 0.282 e. The van der Waals surface area contributed by atoms with E-state index in [4.69, 9.17) is 0 Å². The molecule has 0 saturated carbocycles. The predicted molar refractivity (Wildman–Crippen MR) is 69.6 cm³/mol. The summed E-state index contributed by atoms with van der Waals surface area (Å²) in [7, 11) is 0. The molecule has 3 nitrogen and oxygen atoms in total. The lowest BCUT2D eigenvalue weighted by molar-refractivity contribution is -0.115. The second-order valence-electron chi connectivity index (χ2n) is 4.17. The number of rotatable bonds is 2. The fourth-order valence-corrected chi connectivity index (χ4v) is 2.23. The molecule has 88 valence electrons. The SMILES string of the molecule is CC(C)c1ccc(/C=C2/SC(=O)NC2=O)cc1. The van der Waals surface area contributed by atoms with E-state index in [-0.39, 0.29) is 11.1 Å². The van der Waals surface area contributed by atoms with E-state index in [2.05, 4.69) is 19.2 Å². The molecular formula is C13H13NO2S. The summed E-state index contributed by atoms with van der Waals surface area (Å²) in [5, 5.41) is 1.93. The van der Waals surface area contributed by atoms with Crippen LogP contribution in [0.4, 0.5) is 4.79 Å². The first kappa shape index (κ1) is 11.9. The maximum atomic E-state index is 11.3. The number of benzene rings is 1. The van der Waals surface area contributed by atoms with Crippen LogP contribution < -0.4 is 5.32 Å². The fourth-order valence-electron chi connectivity index (χ4n) is 1.55. The van der Waals surface area contributed by atoms with Crippen LogP contribution in [0.3, 0.4) is 0 Å². The van der Waals surface area contributed by atoms with Crippen molar-refractivity contribution in [2.45, 2.75) is 19.8 Å². The van der Waals surface area contributed by atoms with Gasteiger partial charge in [0.15, 0.2) is 0 Å². The highest BCUT2D eigenvalue weighted by molar-refractivity contribution is 8.18. The number of imide groups is 1. The summed E-state index contributed by atoms with van der Waals surface area (Å²) in [6.07, 6.45) is 1.73. The van der Waals surface area contributed by atoms with E-state index in [1.54, 1.807) is 6.08 Å². The molecule has 0 radical (unpaired) electrons. The number of carbonyl (C=O) groups excluding carboxylic acids is 2. The third kappa shape index (κ3) is 2.77. The second-order valence-corrected chi connectivity index (χ2v) is 5.19. The Balaban J connectivity index is 2.21. The lowest BCUT2D eigenvalue weighted by atomic mass is 10.0. The normalized spacial score (nSPS) is 17.9. The molecule has 17 heavy (non-hydrogen) atoms. The average molecular weight is 247 g/mol. The van der Waals surface area contributed by atoms with Gasteiger partial charge >= 0.3 is 0 Å². The van der Waals surface area contributed by atoms with Crippen LogP contribution in [0.5, 0.6) is 0 Å². The molecular weight excluding hydrogens is 234 g/mol. The highest BCUT2D eigenvalue weighted by Crippen LogP contribution is 2.26. The summed E-state index contributed by atoms with van der Waals surface area (Å²) in [4.78, 5) is 22.8. The van der Waals surface area contributed by atoms with Crippen LogP contribution in [0.1, 0.15) is 30.9 Å². The molecule has 1 N–H and O–H groups in total. The Morgan fingerprint density at radius 2 is 1.82 bits per heavy atom. The predicted octanol–water partition coefficient (Wildman–Crippen LogP) is 3.13. The van der Waals surface area contributed by atoms with E-state index in [1.807, 2.05) is 24.3 Å². The Morgan fingerprint density at radius 3 is 2.29 bits per heavy atom. The highest BCUT2D eigenvalue weighted by atomic mass is 32.2. The van der Waals surface area contributed by atoms with Crippen LogP contribution >= 0.6 is 11.8 Å². The maximum Gasteiger partial charge on any atom is 0.290 e. The molecule has 0 atom stereocenters. The number of carbonyl (C=O) groups is 2. The number of hydrogen-bond donors (Lipinski definition) is 1. The van der Waals surface area contributed by atoms with Crippen molar-refractivity contribution in [3.8, 4) is 0 Å². The van der Waals surface area contributed by atoms with Gasteiger partial charge in [-0.25, -0.2) is 0 Å². The Morgan fingerprint density at radius 1 is 1.18 bits per heavy atom. The zero-order valence-corrected chi connectivity index (χ0v) is 10.5. The van der Waals surface area contributed by atoms with Crippen molar-refractivity contribution >= 4 is 29.0 Å². The number of amides is 2. The number of nitrogens with one attached hydrogen (secondary N) is 1. The molecule has 0 bridgehead atoms. The van der Waals surface area contributed by atoms with Crippen molar-refractivity contribution in [2.75, 3.05) is 0 Å². The van der Waals surface area contributed by atoms with Gasteiger partial charge in [-0.05, 0) is 34.9 Å². The molecule has 4 heteroatoms. The maximum absolute atomic E-state index is 11.3. The van der Waals surface area contributed by atoms with Gasteiger partial charge in [-0.15, -0.1) is 0 Å². The Labute approximate surface area is 104 Å². The summed E-state index contributed by atoms with van der Waals surface area (Å²) in [5.41, 5.74) is 2.19. The van der Waals surface area contributed by atoms with Crippen molar-refractivity contribution in [3.63, 3.8) is 0 Å². The van der Waals surface area contributed by atoms with Crippen molar-refractivity contribution in [1.82, 2.24) is 5.32 Å². The average Bonchev–Trinajstić information content (AvgIpc) is 2.58. The van der Waals surface area contributed by atoms with E-state index < -0.39 is 0 Å². The first-order valence-electron chi connectivity index (χ1n) is 5.41. The van der Waals surface area contributed by atoms with Gasteiger partial charge < -0.3 is 0 Å². The molecule has 1 saturated heterocycles. The largest absolute Gasteiger partial charge is 0.290 e. The van der Waals surface area contributed by atoms with Crippen molar-refractivity contribution in [3.05, 3.63) is 40.3 Å². The van der Waals surface area contributed by atoms with E-state index in [0.29, 0.717) is 10.8 Å². The topological polar surface area (TPSA) is 46.2 Å². The van der Waals surface area contributed by atoms with Crippen LogP contribution in [-0.4, -0.2) is 11.1 Å². The van der Waals surface area contributed by atoms with E-state index in [0.717, 1.165) is 17.3 Å². The lowest BCUT2D eigenvalue weighted by Gasteiger charge is -2.04.